The lowest BCUT2D eigenvalue weighted by Gasteiger charge is -2.23. The minimum absolute atomic E-state index is 0.669. The first-order valence-electron chi connectivity index (χ1n) is 5.07. The van der Waals surface area contributed by atoms with Crippen LogP contribution in [0.5, 0.6) is 0 Å². The summed E-state index contributed by atoms with van der Waals surface area (Å²) in [4.78, 5) is 0.669. The Balaban J connectivity index is 3.87. The van der Waals surface area contributed by atoms with Crippen LogP contribution in [0.3, 0.4) is 0 Å². The smallest absolute Gasteiger partial charge is 0.0146 e. The quantitative estimate of drug-likeness (QED) is 0.616. The Morgan fingerprint density at radius 2 is 1.17 bits per heavy atom. The molecule has 0 aliphatic carbocycles. The zero-order valence-electron chi connectivity index (χ0n) is 9.10. The van der Waals surface area contributed by atoms with Crippen molar-refractivity contribution in [2.75, 3.05) is 0 Å². The summed E-state index contributed by atoms with van der Waals surface area (Å²) in [6, 6.07) is 0. The van der Waals surface area contributed by atoms with Crippen molar-refractivity contribution in [2.24, 2.45) is 17.8 Å². The van der Waals surface area contributed by atoms with Crippen molar-refractivity contribution in [2.45, 2.75) is 52.3 Å². The maximum Gasteiger partial charge on any atom is 0.0146 e. The highest BCUT2D eigenvalue weighted by Gasteiger charge is 2.17. The molecule has 0 radical (unpaired) electrons. The molecular weight excluding hydrogens is 212 g/mol. The molecule has 0 heterocycles. The highest BCUT2D eigenvalue weighted by Crippen LogP contribution is 2.27. The zero-order valence-corrected chi connectivity index (χ0v) is 10.7. The minimum Gasteiger partial charge on any atom is -0.0891 e. The van der Waals surface area contributed by atoms with Crippen LogP contribution in [0.25, 0.3) is 0 Å². The Labute approximate surface area is 86.3 Å². The second-order valence-corrected chi connectivity index (χ2v) is 6.14. The lowest BCUT2D eigenvalue weighted by Crippen LogP contribution is -2.16. The number of rotatable bonds is 5. The van der Waals surface area contributed by atoms with Crippen molar-refractivity contribution < 1.29 is 0 Å². The van der Waals surface area contributed by atoms with Gasteiger partial charge in [-0.1, -0.05) is 50.5 Å². The maximum absolute atomic E-state index is 3.70. The topological polar surface area (TPSA) is 0 Å². The number of hydrogen-bond donors (Lipinski definition) is 0. The molecule has 1 unspecified atom stereocenters. The van der Waals surface area contributed by atoms with Gasteiger partial charge in [-0.25, -0.2) is 0 Å². The van der Waals surface area contributed by atoms with Gasteiger partial charge in [0.25, 0.3) is 0 Å². The normalized spacial score (nSPS) is 14.8. The molecule has 0 aliphatic rings. The largest absolute Gasteiger partial charge is 0.0891 e. The zero-order chi connectivity index (χ0) is 9.72. The van der Waals surface area contributed by atoms with Crippen LogP contribution in [0.15, 0.2) is 0 Å². The number of halogens is 1. The fraction of sp³-hybridized carbons (Fsp3) is 1.00. The molecule has 0 aliphatic heterocycles. The molecule has 0 aromatic heterocycles. The van der Waals surface area contributed by atoms with E-state index >= 15 is 0 Å². The van der Waals surface area contributed by atoms with E-state index < -0.39 is 0 Å². The molecule has 74 valence electrons. The molecule has 0 rings (SSSR count). The standard InChI is InChI=1S/C11H23Br/c1-8(2)6-11(10(5)12)7-9(3)4/h8-11H,6-7H2,1-5H3. The molecule has 0 aromatic rings. The lowest BCUT2D eigenvalue weighted by atomic mass is 9.88. The molecule has 0 fully saturated rings. The number of hydrogen-bond acceptors (Lipinski definition) is 0. The summed E-state index contributed by atoms with van der Waals surface area (Å²) >= 11 is 3.70. The average molecular weight is 235 g/mol. The molecule has 0 amide bonds. The molecule has 1 heteroatoms. The molecule has 0 bridgehead atoms. The van der Waals surface area contributed by atoms with Crippen molar-refractivity contribution in [1.29, 1.82) is 0 Å². The van der Waals surface area contributed by atoms with Crippen molar-refractivity contribution in [3.05, 3.63) is 0 Å². The Morgan fingerprint density at radius 1 is 0.833 bits per heavy atom. The van der Waals surface area contributed by atoms with Gasteiger partial charge < -0.3 is 0 Å². The molecule has 0 spiro atoms. The molecular formula is C11H23Br. The van der Waals surface area contributed by atoms with E-state index in [2.05, 4.69) is 50.5 Å². The van der Waals surface area contributed by atoms with Crippen LogP contribution >= 0.6 is 15.9 Å². The van der Waals surface area contributed by atoms with Gasteiger partial charge >= 0.3 is 0 Å². The van der Waals surface area contributed by atoms with Crippen molar-refractivity contribution >= 4 is 15.9 Å². The average Bonchev–Trinajstić information content (AvgIpc) is 1.83. The van der Waals surface area contributed by atoms with E-state index in [9.17, 15) is 0 Å². The monoisotopic (exact) mass is 234 g/mol. The van der Waals surface area contributed by atoms with E-state index in [1.807, 2.05) is 0 Å². The molecule has 0 nitrogen and oxygen atoms in total. The Bertz CT molecular complexity index is 95.6. The Hall–Kier alpha value is 0.480. The molecule has 0 saturated heterocycles. The third-order valence-electron chi connectivity index (χ3n) is 2.20. The van der Waals surface area contributed by atoms with Gasteiger partial charge in [-0.3, -0.25) is 0 Å². The molecule has 0 N–H and O–H groups in total. The lowest BCUT2D eigenvalue weighted by molar-refractivity contribution is 0.344. The van der Waals surface area contributed by atoms with Gasteiger partial charge in [-0.15, -0.1) is 0 Å². The van der Waals surface area contributed by atoms with E-state index in [4.69, 9.17) is 0 Å². The highest BCUT2D eigenvalue weighted by atomic mass is 79.9. The van der Waals surface area contributed by atoms with Gasteiger partial charge in [0.1, 0.15) is 0 Å². The van der Waals surface area contributed by atoms with E-state index in [0.29, 0.717) is 4.83 Å². The molecule has 0 saturated carbocycles. The summed E-state index contributed by atoms with van der Waals surface area (Å²) in [6.45, 7) is 11.5. The SMILES string of the molecule is CC(C)CC(CC(C)C)C(C)Br. The summed E-state index contributed by atoms with van der Waals surface area (Å²) in [5.74, 6) is 2.51. The van der Waals surface area contributed by atoms with Crippen LogP contribution in [-0.2, 0) is 0 Å². The van der Waals surface area contributed by atoms with Crippen molar-refractivity contribution in [1.82, 2.24) is 0 Å². The predicted molar refractivity (Wildman–Crippen MR) is 60.8 cm³/mol. The van der Waals surface area contributed by atoms with Crippen LogP contribution in [0.4, 0.5) is 0 Å². The number of alkyl halides is 1. The fourth-order valence-electron chi connectivity index (χ4n) is 1.68. The summed E-state index contributed by atoms with van der Waals surface area (Å²) in [6.07, 6.45) is 2.70. The third-order valence-corrected chi connectivity index (χ3v) is 2.95. The summed E-state index contributed by atoms with van der Waals surface area (Å²) in [5, 5.41) is 0. The third kappa shape index (κ3) is 6.05. The van der Waals surface area contributed by atoms with Crippen molar-refractivity contribution in [3.63, 3.8) is 0 Å². The minimum atomic E-state index is 0.669. The van der Waals surface area contributed by atoms with Crippen LogP contribution in [-0.4, -0.2) is 4.83 Å². The van der Waals surface area contributed by atoms with Gasteiger partial charge in [0, 0.05) is 4.83 Å². The summed E-state index contributed by atoms with van der Waals surface area (Å²) < 4.78 is 0. The molecule has 12 heavy (non-hydrogen) atoms. The summed E-state index contributed by atoms with van der Waals surface area (Å²) in [7, 11) is 0. The second kappa shape index (κ2) is 6.01. The van der Waals surface area contributed by atoms with Crippen LogP contribution in [0, 0.1) is 17.8 Å². The fourth-order valence-corrected chi connectivity index (χ4v) is 2.11. The Kier molecular flexibility index (Phi) is 6.25. The van der Waals surface area contributed by atoms with Gasteiger partial charge in [0.2, 0.25) is 0 Å². The first-order valence-corrected chi connectivity index (χ1v) is 5.99. The van der Waals surface area contributed by atoms with Gasteiger partial charge in [-0.05, 0) is 30.6 Å². The van der Waals surface area contributed by atoms with Gasteiger partial charge in [0.15, 0.2) is 0 Å². The van der Waals surface area contributed by atoms with E-state index in [1.165, 1.54) is 12.8 Å². The highest BCUT2D eigenvalue weighted by molar-refractivity contribution is 9.09. The van der Waals surface area contributed by atoms with Crippen LogP contribution in [0.2, 0.25) is 0 Å². The first-order chi connectivity index (χ1) is 5.43. The van der Waals surface area contributed by atoms with E-state index in [0.717, 1.165) is 17.8 Å². The van der Waals surface area contributed by atoms with Gasteiger partial charge in [-0.2, -0.15) is 0 Å². The first kappa shape index (κ1) is 12.5. The van der Waals surface area contributed by atoms with Crippen molar-refractivity contribution in [3.8, 4) is 0 Å². The van der Waals surface area contributed by atoms with E-state index in [1.54, 1.807) is 0 Å². The predicted octanol–water partition coefficient (Wildman–Crippen LogP) is 4.48. The Morgan fingerprint density at radius 3 is 1.33 bits per heavy atom. The second-order valence-electron chi connectivity index (χ2n) is 4.70. The summed E-state index contributed by atoms with van der Waals surface area (Å²) in [5.41, 5.74) is 0. The van der Waals surface area contributed by atoms with Crippen LogP contribution < -0.4 is 0 Å². The molecule has 1 atom stereocenters. The van der Waals surface area contributed by atoms with Crippen LogP contribution in [0.1, 0.15) is 47.5 Å². The maximum atomic E-state index is 3.70. The van der Waals surface area contributed by atoms with Gasteiger partial charge in [0.05, 0.1) is 0 Å². The molecule has 0 aromatic carbocycles. The van der Waals surface area contributed by atoms with E-state index in [-0.39, 0.29) is 0 Å².